The zero-order valence-corrected chi connectivity index (χ0v) is 15.4. The zero-order chi connectivity index (χ0) is 17.8. The number of benzene rings is 1. The van der Waals surface area contributed by atoms with E-state index in [1.54, 1.807) is 0 Å². The summed E-state index contributed by atoms with van der Waals surface area (Å²) in [5.41, 5.74) is 2.03. The number of fused-ring (bicyclic) bond motifs is 1. The van der Waals surface area contributed by atoms with Crippen molar-refractivity contribution >= 4 is 16.9 Å². The van der Waals surface area contributed by atoms with Crippen molar-refractivity contribution in [1.82, 2.24) is 19.4 Å². The van der Waals surface area contributed by atoms with Gasteiger partial charge in [-0.2, -0.15) is 0 Å². The van der Waals surface area contributed by atoms with Crippen molar-refractivity contribution in [3.8, 4) is 0 Å². The predicted octanol–water partition coefficient (Wildman–Crippen LogP) is 2.27. The number of hydrogen-bond acceptors (Lipinski definition) is 4. The van der Waals surface area contributed by atoms with E-state index in [1.807, 2.05) is 23.1 Å². The molecule has 0 saturated carbocycles. The van der Waals surface area contributed by atoms with Crippen LogP contribution in [0.3, 0.4) is 0 Å². The molecule has 0 unspecified atom stereocenters. The van der Waals surface area contributed by atoms with E-state index in [2.05, 4.69) is 15.5 Å². The lowest BCUT2D eigenvalue weighted by Crippen LogP contribution is -2.42. The van der Waals surface area contributed by atoms with E-state index < -0.39 is 0 Å². The van der Waals surface area contributed by atoms with Crippen molar-refractivity contribution in [3.05, 3.63) is 30.1 Å². The van der Waals surface area contributed by atoms with Crippen LogP contribution in [0.4, 0.5) is 0 Å². The van der Waals surface area contributed by atoms with Crippen LogP contribution < -0.4 is 0 Å². The Morgan fingerprint density at radius 1 is 1.00 bits per heavy atom. The van der Waals surface area contributed by atoms with E-state index >= 15 is 0 Å². The number of morpholine rings is 1. The van der Waals surface area contributed by atoms with Gasteiger partial charge in [0.25, 0.3) is 0 Å². The number of para-hydroxylation sites is 2. The third kappa shape index (κ3) is 3.91. The zero-order valence-electron chi connectivity index (χ0n) is 15.4. The molecule has 4 rings (SSSR count). The molecule has 1 aromatic carbocycles. The first-order valence-electron chi connectivity index (χ1n) is 9.83. The Bertz CT molecular complexity index is 743. The van der Waals surface area contributed by atoms with Gasteiger partial charge in [0.2, 0.25) is 5.91 Å². The third-order valence-corrected chi connectivity index (χ3v) is 5.45. The quantitative estimate of drug-likeness (QED) is 0.843. The van der Waals surface area contributed by atoms with Crippen LogP contribution in [0.5, 0.6) is 0 Å². The van der Waals surface area contributed by atoms with Gasteiger partial charge in [0.1, 0.15) is 12.4 Å². The Labute approximate surface area is 154 Å². The Morgan fingerprint density at radius 3 is 2.50 bits per heavy atom. The number of rotatable bonds is 4. The lowest BCUT2D eigenvalue weighted by Gasteiger charge is -2.27. The topological polar surface area (TPSA) is 50.6 Å². The van der Waals surface area contributed by atoms with Crippen LogP contribution in [0, 0.1) is 0 Å². The number of ether oxygens (including phenoxy) is 1. The first kappa shape index (κ1) is 17.5. The molecule has 2 fully saturated rings. The Balaban J connectivity index is 1.57. The number of aromatic nitrogens is 2. The maximum atomic E-state index is 12.8. The summed E-state index contributed by atoms with van der Waals surface area (Å²) in [5, 5.41) is 0. The van der Waals surface area contributed by atoms with Crippen molar-refractivity contribution in [2.24, 2.45) is 0 Å². The molecule has 1 amide bonds. The average molecular weight is 356 g/mol. The largest absolute Gasteiger partial charge is 0.378 e. The Kier molecular flexibility index (Phi) is 5.51. The number of likely N-dealkylation sites (tertiary alicyclic amines) is 1. The van der Waals surface area contributed by atoms with Gasteiger partial charge in [0.05, 0.1) is 30.8 Å². The normalized spacial score (nSPS) is 19.6. The number of hydrogen-bond donors (Lipinski definition) is 0. The van der Waals surface area contributed by atoms with Gasteiger partial charge in [-0.3, -0.25) is 9.69 Å². The van der Waals surface area contributed by atoms with Gasteiger partial charge >= 0.3 is 0 Å². The van der Waals surface area contributed by atoms with Crippen molar-refractivity contribution in [2.75, 3.05) is 39.4 Å². The second-order valence-corrected chi connectivity index (χ2v) is 7.29. The second kappa shape index (κ2) is 8.18. The second-order valence-electron chi connectivity index (χ2n) is 7.29. The molecule has 6 heteroatoms. The molecule has 2 aromatic rings. The number of carbonyl (C=O) groups is 1. The van der Waals surface area contributed by atoms with Crippen molar-refractivity contribution in [3.63, 3.8) is 0 Å². The van der Waals surface area contributed by atoms with Crippen LogP contribution >= 0.6 is 0 Å². The predicted molar refractivity (Wildman–Crippen MR) is 101 cm³/mol. The summed E-state index contributed by atoms with van der Waals surface area (Å²) in [6.07, 6.45) is 5.16. The van der Waals surface area contributed by atoms with Crippen molar-refractivity contribution in [1.29, 1.82) is 0 Å². The maximum absolute atomic E-state index is 12.8. The lowest BCUT2D eigenvalue weighted by atomic mass is 10.2. The summed E-state index contributed by atoms with van der Waals surface area (Å²) < 4.78 is 7.49. The van der Waals surface area contributed by atoms with Crippen molar-refractivity contribution in [2.45, 2.75) is 38.8 Å². The van der Waals surface area contributed by atoms with E-state index in [0.717, 1.165) is 36.5 Å². The minimum atomic E-state index is 0.161. The average Bonchev–Trinajstić information content (AvgIpc) is 2.84. The molecule has 2 aliphatic rings. The molecule has 1 aromatic heterocycles. The Morgan fingerprint density at radius 2 is 1.73 bits per heavy atom. The molecule has 0 N–H and O–H groups in total. The van der Waals surface area contributed by atoms with Gasteiger partial charge in [0, 0.05) is 13.1 Å². The smallest absolute Gasteiger partial charge is 0.242 e. The summed E-state index contributed by atoms with van der Waals surface area (Å²) in [4.78, 5) is 22.1. The molecule has 2 saturated heterocycles. The molecule has 0 aliphatic carbocycles. The first-order chi connectivity index (χ1) is 12.8. The van der Waals surface area contributed by atoms with Crippen LogP contribution in [0.1, 0.15) is 31.5 Å². The summed E-state index contributed by atoms with van der Waals surface area (Å²) in [7, 11) is 0. The summed E-state index contributed by atoms with van der Waals surface area (Å²) >= 11 is 0. The molecule has 2 aliphatic heterocycles. The summed E-state index contributed by atoms with van der Waals surface area (Å²) in [6, 6.07) is 8.15. The van der Waals surface area contributed by atoms with Gasteiger partial charge in [0.15, 0.2) is 0 Å². The summed E-state index contributed by atoms with van der Waals surface area (Å²) in [5.74, 6) is 1.17. The molecule has 0 bridgehead atoms. The third-order valence-electron chi connectivity index (χ3n) is 5.45. The fraction of sp³-hybridized carbons (Fsp3) is 0.600. The van der Waals surface area contributed by atoms with E-state index in [-0.39, 0.29) is 5.91 Å². The molecular weight excluding hydrogens is 328 g/mol. The SMILES string of the molecule is O=C(Cn1c(CN2CCCCCC2)nc2ccccc21)N1CCOCC1. The number of nitrogens with zero attached hydrogens (tertiary/aromatic N) is 4. The number of imidazole rings is 1. The number of amides is 1. The molecule has 0 radical (unpaired) electrons. The molecule has 0 atom stereocenters. The summed E-state index contributed by atoms with van der Waals surface area (Å²) in [6.45, 7) is 6.09. The fourth-order valence-electron chi connectivity index (χ4n) is 3.96. The fourth-order valence-corrected chi connectivity index (χ4v) is 3.96. The van der Waals surface area contributed by atoms with Gasteiger partial charge in [-0.15, -0.1) is 0 Å². The molecule has 3 heterocycles. The van der Waals surface area contributed by atoms with Crippen LogP contribution in [0.2, 0.25) is 0 Å². The minimum Gasteiger partial charge on any atom is -0.378 e. The van der Waals surface area contributed by atoms with Crippen LogP contribution in [0.15, 0.2) is 24.3 Å². The number of carbonyl (C=O) groups excluding carboxylic acids is 1. The van der Waals surface area contributed by atoms with Gasteiger partial charge < -0.3 is 14.2 Å². The molecule has 140 valence electrons. The van der Waals surface area contributed by atoms with Gasteiger partial charge in [-0.05, 0) is 38.1 Å². The lowest BCUT2D eigenvalue weighted by molar-refractivity contribution is -0.135. The highest BCUT2D eigenvalue weighted by molar-refractivity contribution is 5.81. The minimum absolute atomic E-state index is 0.161. The monoisotopic (exact) mass is 356 g/mol. The van der Waals surface area contributed by atoms with Gasteiger partial charge in [-0.1, -0.05) is 25.0 Å². The van der Waals surface area contributed by atoms with Crippen LogP contribution in [-0.4, -0.2) is 64.7 Å². The van der Waals surface area contributed by atoms with Crippen molar-refractivity contribution < 1.29 is 9.53 Å². The standard InChI is InChI=1S/C20H28N4O2/c25-20(23-11-13-26-14-12-23)16-24-18-8-4-3-7-17(18)21-19(24)15-22-9-5-1-2-6-10-22/h3-4,7-8H,1-2,5-6,9-16H2. The van der Waals surface area contributed by atoms with Crippen LogP contribution in [-0.2, 0) is 22.6 Å². The molecule has 26 heavy (non-hydrogen) atoms. The highest BCUT2D eigenvalue weighted by Crippen LogP contribution is 2.19. The molecular formula is C20H28N4O2. The maximum Gasteiger partial charge on any atom is 0.242 e. The first-order valence-corrected chi connectivity index (χ1v) is 9.83. The van der Waals surface area contributed by atoms with E-state index in [9.17, 15) is 4.79 Å². The molecule has 0 spiro atoms. The highest BCUT2D eigenvalue weighted by atomic mass is 16.5. The Hall–Kier alpha value is -1.92. The van der Waals surface area contributed by atoms with Crippen LogP contribution in [0.25, 0.3) is 11.0 Å². The van der Waals surface area contributed by atoms with E-state index in [0.29, 0.717) is 32.8 Å². The highest BCUT2D eigenvalue weighted by Gasteiger charge is 2.21. The van der Waals surface area contributed by atoms with Gasteiger partial charge in [-0.25, -0.2) is 4.98 Å². The molecule has 6 nitrogen and oxygen atoms in total. The van der Waals surface area contributed by atoms with E-state index in [1.165, 1.54) is 25.7 Å². The van der Waals surface area contributed by atoms with E-state index in [4.69, 9.17) is 9.72 Å².